The molecule has 3 saturated heterocycles. The molecule has 0 unspecified atom stereocenters. The van der Waals surface area contributed by atoms with Crippen molar-refractivity contribution in [1.29, 1.82) is 0 Å². The van der Waals surface area contributed by atoms with Gasteiger partial charge in [-0.3, -0.25) is 57.6 Å². The first-order chi connectivity index (χ1) is 47.0. The third-order valence-corrected chi connectivity index (χ3v) is 21.4. The highest BCUT2D eigenvalue weighted by molar-refractivity contribution is 6.31. The van der Waals surface area contributed by atoms with Crippen molar-refractivity contribution in [3.8, 4) is 0 Å². The van der Waals surface area contributed by atoms with Crippen LogP contribution in [-0.2, 0) is 70.1 Å². The lowest BCUT2D eigenvalue weighted by atomic mass is 9.82. The van der Waals surface area contributed by atoms with Crippen LogP contribution in [0.15, 0.2) is 18.2 Å². The summed E-state index contributed by atoms with van der Waals surface area (Å²) >= 11 is 6.11. The van der Waals surface area contributed by atoms with E-state index in [0.29, 0.717) is 63.6 Å². The minimum atomic E-state index is -4.73. The van der Waals surface area contributed by atoms with Gasteiger partial charge in [0.05, 0.1) is 49.6 Å². The van der Waals surface area contributed by atoms with E-state index in [1.807, 2.05) is 20.8 Å². The van der Waals surface area contributed by atoms with Crippen LogP contribution in [0.3, 0.4) is 0 Å². The highest BCUT2D eigenvalue weighted by Crippen LogP contribution is 2.36. The number of likely N-dealkylation sites (N-methyl/N-ethyl adjacent to an activating group) is 7. The van der Waals surface area contributed by atoms with Crippen molar-refractivity contribution in [3.63, 3.8) is 0 Å². The number of hydrogen-bond acceptors (Lipinski definition) is 13. The summed E-state index contributed by atoms with van der Waals surface area (Å²) in [4.78, 5) is 172. The van der Waals surface area contributed by atoms with Gasteiger partial charge in [-0.05, 0) is 126 Å². The number of halogens is 4. The minimum absolute atomic E-state index is 0.0296. The summed E-state index contributed by atoms with van der Waals surface area (Å²) in [5.41, 5.74) is -0.713. The van der Waals surface area contributed by atoms with Crippen LogP contribution >= 0.6 is 11.6 Å². The largest absolute Gasteiger partial charge is 0.417 e. The number of ether oxygens (including phenoxy) is 1. The van der Waals surface area contributed by atoms with E-state index >= 15 is 4.79 Å². The molecule has 5 fully saturated rings. The number of alkyl halides is 3. The van der Waals surface area contributed by atoms with E-state index < -0.39 is 126 Å². The molecule has 28 heteroatoms. The third-order valence-electron chi connectivity index (χ3n) is 21.1. The van der Waals surface area contributed by atoms with E-state index in [9.17, 15) is 61.1 Å². The number of piperidine rings is 1. The van der Waals surface area contributed by atoms with Crippen molar-refractivity contribution in [2.24, 2.45) is 17.8 Å². The highest BCUT2D eigenvalue weighted by atomic mass is 35.5. The molecule has 11 amide bonds. The summed E-state index contributed by atoms with van der Waals surface area (Å²) in [6.45, 7) is 5.31. The Bertz CT molecular complexity index is 2930. The fraction of sp³-hybridized carbons (Fsp3) is 0.761. The Hall–Kier alpha value is -6.61. The molecule has 3 aliphatic heterocycles. The SMILES string of the molecule is CC[C@H](C)[C@@H]1NC(=O)[C@H](CC)N(C)COCC[C@@H](C(=O)N2CCCCC2)N(C)C(=O)[C@H](C2CCCCC2)N(C)C(=O)CCCCNC(=O)[C@@H]2CCCN2C(=O)[C@H](CCc2ccc(C(F)(F)F)c(Cl)c2)NC(=O)CN(C)C(=O)[C@H](CC2CCCCC2)N(C)C(=O)CN(C)C(=O)CN(C)C1=O. The zero-order valence-electron chi connectivity index (χ0n) is 60.3. The third kappa shape index (κ3) is 22.9. The molecule has 0 spiro atoms. The molecule has 556 valence electrons. The molecule has 3 N–H and O–H groups in total. The topological polar surface area (TPSA) is 262 Å². The van der Waals surface area contributed by atoms with Gasteiger partial charge >= 0.3 is 6.18 Å². The highest BCUT2D eigenvalue weighted by Gasteiger charge is 2.43. The maximum Gasteiger partial charge on any atom is 0.417 e. The number of nitrogens with zero attached hydrogens (tertiary/aromatic N) is 9. The second-order valence-corrected chi connectivity index (χ2v) is 28.8. The standard InChI is InChI=1S/C71H112ClF3N12O12/c1-11-47(3)62-69(97)81(6)44-60(90)79(4)45-61(91)83(8)57(42-48-25-16-13-17-26-48)67(95)80(5)43-58(88)77-53(34-32-49-31-33-51(52(72)41-49)71(73,74)75)66(94)87-39-24-29-55(87)64(92)76-36-21-20-30-59(89)85(10)63(50-27-18-14-19-28-50)70(98)84(9)56(68(96)86-37-22-15-23-38-86)35-40-99-46-82(7)54(12-2)65(93)78-62/h31,33,41,47-48,50,53-57,62-63H,11-30,32,34-40,42-46H2,1-10H3,(H,76,92)(H,77,88)(H,78,93)/t47-,53-,54-,55-,56-,57-,62-,63-/m0/s1. The number of carbonyl (C=O) groups is 11. The van der Waals surface area contributed by atoms with Gasteiger partial charge in [0.25, 0.3) is 0 Å². The van der Waals surface area contributed by atoms with Gasteiger partial charge in [0.2, 0.25) is 65.0 Å². The van der Waals surface area contributed by atoms with Crippen LogP contribution in [0.1, 0.15) is 180 Å². The average molecular weight is 1420 g/mol. The average Bonchev–Trinajstić information content (AvgIpc) is 1.32. The molecule has 2 saturated carbocycles. The number of likely N-dealkylation sites (tertiary alicyclic amines) is 1. The first-order valence-electron chi connectivity index (χ1n) is 36.1. The van der Waals surface area contributed by atoms with Crippen LogP contribution in [0.4, 0.5) is 13.2 Å². The zero-order valence-corrected chi connectivity index (χ0v) is 61.0. The maximum atomic E-state index is 15.1. The van der Waals surface area contributed by atoms with Crippen LogP contribution in [0.2, 0.25) is 5.02 Å². The van der Waals surface area contributed by atoms with Gasteiger partial charge < -0.3 is 59.9 Å². The predicted octanol–water partition coefficient (Wildman–Crippen LogP) is 6.09. The molecule has 6 rings (SSSR count). The van der Waals surface area contributed by atoms with Crippen LogP contribution in [0.25, 0.3) is 0 Å². The van der Waals surface area contributed by atoms with Crippen molar-refractivity contribution >= 4 is 76.6 Å². The second kappa shape index (κ2) is 39.0. The lowest BCUT2D eigenvalue weighted by Gasteiger charge is -2.41. The maximum absolute atomic E-state index is 15.1. The smallest absolute Gasteiger partial charge is 0.366 e. The first kappa shape index (κ1) is 81.4. The molecule has 2 aliphatic carbocycles. The molecule has 8 atom stereocenters. The molecule has 24 nitrogen and oxygen atoms in total. The van der Waals surface area contributed by atoms with E-state index in [2.05, 4.69) is 16.0 Å². The van der Waals surface area contributed by atoms with E-state index in [1.165, 1.54) is 58.8 Å². The summed E-state index contributed by atoms with van der Waals surface area (Å²) in [6, 6.07) is -3.82. The second-order valence-electron chi connectivity index (χ2n) is 28.4. The van der Waals surface area contributed by atoms with Gasteiger partial charge in [-0.15, -0.1) is 0 Å². The number of amides is 11. The van der Waals surface area contributed by atoms with Crippen molar-refractivity contribution in [1.82, 2.24) is 60.0 Å². The first-order valence-corrected chi connectivity index (χ1v) is 36.5. The molecule has 3 heterocycles. The predicted molar refractivity (Wildman–Crippen MR) is 368 cm³/mol. The molecule has 99 heavy (non-hydrogen) atoms. The molecule has 0 aromatic heterocycles. The van der Waals surface area contributed by atoms with Gasteiger partial charge in [-0.25, -0.2) is 0 Å². The van der Waals surface area contributed by atoms with Crippen molar-refractivity contribution in [2.45, 2.75) is 223 Å². The summed E-state index contributed by atoms with van der Waals surface area (Å²) in [6.07, 6.45) is 8.93. The summed E-state index contributed by atoms with van der Waals surface area (Å²) in [5, 5.41) is 8.07. The van der Waals surface area contributed by atoms with Gasteiger partial charge in [-0.1, -0.05) is 96.2 Å². The Balaban J connectivity index is 1.29. The lowest BCUT2D eigenvalue weighted by Crippen LogP contribution is -2.58. The number of fused-ring (bicyclic) bond motifs is 1. The Labute approximate surface area is 588 Å². The Kier molecular flexibility index (Phi) is 32.0. The number of nitrogens with one attached hydrogen (secondary N) is 3. The zero-order chi connectivity index (χ0) is 72.8. The molecule has 1 aromatic rings. The summed E-state index contributed by atoms with van der Waals surface area (Å²) in [7, 11) is 10.6. The number of carbonyl (C=O) groups excluding carboxylic acids is 11. The normalized spacial score (nSPS) is 26.6. The molecule has 5 aliphatic rings. The molecule has 1 aromatic carbocycles. The summed E-state index contributed by atoms with van der Waals surface area (Å²) < 4.78 is 47.5. The van der Waals surface area contributed by atoms with Crippen LogP contribution in [0.5, 0.6) is 0 Å². The van der Waals surface area contributed by atoms with Gasteiger partial charge in [0.1, 0.15) is 36.3 Å². The van der Waals surface area contributed by atoms with E-state index in [1.54, 1.807) is 30.9 Å². The van der Waals surface area contributed by atoms with Crippen molar-refractivity contribution in [2.75, 3.05) is 108 Å². The fourth-order valence-corrected chi connectivity index (χ4v) is 15.0. The molecule has 0 radical (unpaired) electrons. The molecular formula is C71H112ClF3N12O12. The van der Waals surface area contributed by atoms with Crippen LogP contribution < -0.4 is 16.0 Å². The van der Waals surface area contributed by atoms with Crippen molar-refractivity contribution in [3.05, 3.63) is 34.3 Å². The number of aryl methyl sites for hydroxylation is 1. The molecule has 0 bridgehead atoms. The van der Waals surface area contributed by atoms with E-state index in [-0.39, 0.29) is 100 Å². The number of benzene rings is 1. The van der Waals surface area contributed by atoms with Crippen LogP contribution in [0, 0.1) is 17.8 Å². The van der Waals surface area contributed by atoms with Crippen LogP contribution in [-0.4, -0.2) is 260 Å². The molecular weight excluding hydrogens is 1310 g/mol. The number of hydrogen-bond donors (Lipinski definition) is 3. The Morgan fingerprint density at radius 2 is 1.27 bits per heavy atom. The lowest BCUT2D eigenvalue weighted by molar-refractivity contribution is -0.153. The minimum Gasteiger partial charge on any atom is -0.366 e. The van der Waals surface area contributed by atoms with Gasteiger partial charge in [-0.2, -0.15) is 13.2 Å². The Morgan fingerprint density at radius 1 is 0.636 bits per heavy atom. The van der Waals surface area contributed by atoms with Gasteiger partial charge in [0, 0.05) is 81.3 Å². The number of rotatable bonds is 10. The fourth-order valence-electron chi connectivity index (χ4n) is 14.7. The van der Waals surface area contributed by atoms with Gasteiger partial charge in [0.15, 0.2) is 0 Å². The Morgan fingerprint density at radius 3 is 1.91 bits per heavy atom. The van der Waals surface area contributed by atoms with Crippen molar-refractivity contribution < 1.29 is 70.6 Å². The van der Waals surface area contributed by atoms with E-state index in [4.69, 9.17) is 16.3 Å². The monoisotopic (exact) mass is 1420 g/mol. The van der Waals surface area contributed by atoms with E-state index in [0.717, 1.165) is 92.6 Å². The quantitative estimate of drug-likeness (QED) is 0.240. The summed E-state index contributed by atoms with van der Waals surface area (Å²) in [5.74, 6) is -6.03.